The summed E-state index contributed by atoms with van der Waals surface area (Å²) in [6.07, 6.45) is -4.84. The van der Waals surface area contributed by atoms with Crippen LogP contribution in [0.15, 0.2) is 60.3 Å². The van der Waals surface area contributed by atoms with E-state index >= 15 is 0 Å². The number of nitrogens with zero attached hydrogens (tertiary/aromatic N) is 2. The average Bonchev–Trinajstić information content (AvgIpc) is 3.02. The number of alkyl halides is 3. The first-order valence-electron chi connectivity index (χ1n) is 10.4. The van der Waals surface area contributed by atoms with Crippen LogP contribution in [0.5, 0.6) is 5.75 Å². The SMILES string of the molecule is O=C1C(Nc2cccc(OC(F)(F)F)c2)=C(c2ccccc2)C(=O)N1CCN1CCOCC1. The van der Waals surface area contributed by atoms with E-state index in [1.54, 1.807) is 30.3 Å². The zero-order valence-corrected chi connectivity index (χ0v) is 17.6. The van der Waals surface area contributed by atoms with Gasteiger partial charge in [-0.25, -0.2) is 0 Å². The number of benzene rings is 2. The Balaban J connectivity index is 1.60. The van der Waals surface area contributed by atoms with Gasteiger partial charge >= 0.3 is 6.36 Å². The summed E-state index contributed by atoms with van der Waals surface area (Å²) in [5.41, 5.74) is 0.910. The molecule has 2 amide bonds. The van der Waals surface area contributed by atoms with Crippen LogP contribution >= 0.6 is 0 Å². The Hall–Kier alpha value is -3.37. The van der Waals surface area contributed by atoms with Crippen LogP contribution in [0.1, 0.15) is 5.56 Å². The lowest BCUT2D eigenvalue weighted by molar-refractivity contribution is -0.274. The highest BCUT2D eigenvalue weighted by molar-refractivity contribution is 6.36. The smallest absolute Gasteiger partial charge is 0.406 e. The largest absolute Gasteiger partial charge is 0.573 e. The highest BCUT2D eigenvalue weighted by atomic mass is 19.4. The van der Waals surface area contributed by atoms with Crippen LogP contribution in [0.3, 0.4) is 0 Å². The van der Waals surface area contributed by atoms with Gasteiger partial charge in [-0.2, -0.15) is 0 Å². The number of carbonyl (C=O) groups excluding carboxylic acids is 2. The number of hydrogen-bond donors (Lipinski definition) is 1. The van der Waals surface area contributed by atoms with E-state index in [2.05, 4.69) is 15.0 Å². The summed E-state index contributed by atoms with van der Waals surface area (Å²) in [5, 5.41) is 2.85. The fraction of sp³-hybridized carbons (Fsp3) is 0.304. The monoisotopic (exact) mass is 461 g/mol. The van der Waals surface area contributed by atoms with Crippen LogP contribution in [0.4, 0.5) is 18.9 Å². The molecule has 10 heteroatoms. The lowest BCUT2D eigenvalue weighted by Gasteiger charge is -2.28. The lowest BCUT2D eigenvalue weighted by atomic mass is 10.0. The number of amides is 2. The molecule has 1 N–H and O–H groups in total. The maximum absolute atomic E-state index is 13.2. The van der Waals surface area contributed by atoms with Crippen molar-refractivity contribution in [3.8, 4) is 5.75 Å². The van der Waals surface area contributed by atoms with Gasteiger partial charge in [-0.15, -0.1) is 13.2 Å². The molecule has 1 fully saturated rings. The minimum absolute atomic E-state index is 0.0114. The van der Waals surface area contributed by atoms with Crippen molar-refractivity contribution in [2.24, 2.45) is 0 Å². The van der Waals surface area contributed by atoms with Crippen LogP contribution < -0.4 is 10.1 Å². The van der Waals surface area contributed by atoms with Gasteiger partial charge in [0.05, 0.1) is 18.8 Å². The van der Waals surface area contributed by atoms with E-state index in [9.17, 15) is 22.8 Å². The number of anilines is 1. The molecule has 0 spiro atoms. The summed E-state index contributed by atoms with van der Waals surface area (Å²) in [6.45, 7) is 3.32. The van der Waals surface area contributed by atoms with Crippen molar-refractivity contribution < 1.29 is 32.2 Å². The Morgan fingerprint density at radius 1 is 0.939 bits per heavy atom. The normalized spacial score (nSPS) is 17.6. The van der Waals surface area contributed by atoms with E-state index in [1.165, 1.54) is 12.1 Å². The molecule has 1 saturated heterocycles. The second-order valence-electron chi connectivity index (χ2n) is 7.53. The first-order valence-corrected chi connectivity index (χ1v) is 10.4. The van der Waals surface area contributed by atoms with Gasteiger partial charge in [-0.1, -0.05) is 36.4 Å². The number of morpholine rings is 1. The summed E-state index contributed by atoms with van der Waals surface area (Å²) in [5.74, 6) is -1.42. The Bertz CT molecular complexity index is 1050. The Labute approximate surface area is 188 Å². The molecule has 2 aromatic rings. The molecule has 0 saturated carbocycles. The van der Waals surface area contributed by atoms with Crippen LogP contribution in [-0.2, 0) is 14.3 Å². The quantitative estimate of drug-likeness (QED) is 0.639. The van der Waals surface area contributed by atoms with Crippen molar-refractivity contribution in [3.63, 3.8) is 0 Å². The van der Waals surface area contributed by atoms with E-state index < -0.39 is 23.9 Å². The summed E-state index contributed by atoms with van der Waals surface area (Å²) < 4.78 is 47.1. The molecule has 174 valence electrons. The van der Waals surface area contributed by atoms with Crippen LogP contribution in [0, 0.1) is 0 Å². The third-order valence-electron chi connectivity index (χ3n) is 5.31. The molecule has 0 unspecified atom stereocenters. The second kappa shape index (κ2) is 9.63. The highest BCUT2D eigenvalue weighted by Gasteiger charge is 2.39. The van der Waals surface area contributed by atoms with Gasteiger partial charge in [-0.05, 0) is 17.7 Å². The van der Waals surface area contributed by atoms with Crippen molar-refractivity contribution in [3.05, 3.63) is 65.9 Å². The van der Waals surface area contributed by atoms with E-state index in [0.717, 1.165) is 17.0 Å². The minimum atomic E-state index is -4.84. The van der Waals surface area contributed by atoms with Gasteiger partial charge in [0.1, 0.15) is 11.4 Å². The number of rotatable bonds is 7. The molecule has 2 aliphatic heterocycles. The first kappa shape index (κ1) is 22.8. The first-order chi connectivity index (χ1) is 15.8. The molecular weight excluding hydrogens is 439 g/mol. The highest BCUT2D eigenvalue weighted by Crippen LogP contribution is 2.32. The predicted molar refractivity (Wildman–Crippen MR) is 114 cm³/mol. The number of hydrogen-bond acceptors (Lipinski definition) is 6. The Kier molecular flexibility index (Phi) is 6.66. The molecule has 7 nitrogen and oxygen atoms in total. The minimum Gasteiger partial charge on any atom is -0.406 e. The van der Waals surface area contributed by atoms with Gasteiger partial charge in [0.15, 0.2) is 0 Å². The molecule has 33 heavy (non-hydrogen) atoms. The molecule has 0 bridgehead atoms. The van der Waals surface area contributed by atoms with Gasteiger partial charge in [0.2, 0.25) is 0 Å². The van der Waals surface area contributed by atoms with Gasteiger partial charge in [0, 0.05) is 37.9 Å². The molecule has 0 aromatic heterocycles. The lowest BCUT2D eigenvalue weighted by Crippen LogP contribution is -2.43. The van der Waals surface area contributed by atoms with E-state index in [-0.39, 0.29) is 23.5 Å². The van der Waals surface area contributed by atoms with Gasteiger partial charge in [-0.3, -0.25) is 19.4 Å². The molecule has 0 atom stereocenters. The number of halogens is 3. The standard InChI is InChI=1S/C23H22F3N3O4/c24-23(25,26)33-18-8-4-7-17(15-18)27-20-19(16-5-2-1-3-6-16)21(30)29(22(20)31)10-9-28-11-13-32-14-12-28/h1-8,15,27H,9-14H2. The maximum Gasteiger partial charge on any atom is 0.573 e. The molecule has 2 heterocycles. The predicted octanol–water partition coefficient (Wildman–Crippen LogP) is 3.11. The number of imide groups is 1. The zero-order valence-electron chi connectivity index (χ0n) is 17.6. The van der Waals surface area contributed by atoms with Crippen LogP contribution in [0.25, 0.3) is 5.57 Å². The van der Waals surface area contributed by atoms with Crippen molar-refractivity contribution in [2.75, 3.05) is 44.7 Å². The van der Waals surface area contributed by atoms with Crippen molar-refractivity contribution in [2.45, 2.75) is 6.36 Å². The molecule has 4 rings (SSSR count). The van der Waals surface area contributed by atoms with Gasteiger partial charge in [0.25, 0.3) is 11.8 Å². The Morgan fingerprint density at radius 2 is 1.67 bits per heavy atom. The van der Waals surface area contributed by atoms with Crippen molar-refractivity contribution in [1.82, 2.24) is 9.80 Å². The molecular formula is C23H22F3N3O4. The Morgan fingerprint density at radius 3 is 2.36 bits per heavy atom. The fourth-order valence-electron chi connectivity index (χ4n) is 3.75. The number of nitrogens with one attached hydrogen (secondary N) is 1. The van der Waals surface area contributed by atoms with Crippen LogP contribution in [-0.4, -0.2) is 67.4 Å². The summed E-state index contributed by atoms with van der Waals surface area (Å²) in [4.78, 5) is 29.7. The topological polar surface area (TPSA) is 71.1 Å². The van der Waals surface area contributed by atoms with Crippen LogP contribution in [0.2, 0.25) is 0 Å². The van der Waals surface area contributed by atoms with Gasteiger partial charge < -0.3 is 14.8 Å². The molecule has 0 aliphatic carbocycles. The van der Waals surface area contributed by atoms with E-state index in [4.69, 9.17) is 4.74 Å². The summed E-state index contributed by atoms with van der Waals surface area (Å²) in [7, 11) is 0. The molecule has 0 radical (unpaired) electrons. The number of carbonyl (C=O) groups is 2. The maximum atomic E-state index is 13.2. The van der Waals surface area contributed by atoms with E-state index in [1.807, 2.05) is 0 Å². The molecule has 2 aliphatic rings. The van der Waals surface area contributed by atoms with Crippen molar-refractivity contribution in [1.29, 1.82) is 0 Å². The third-order valence-corrected chi connectivity index (χ3v) is 5.31. The average molecular weight is 461 g/mol. The third kappa shape index (κ3) is 5.52. The molecule has 2 aromatic carbocycles. The summed E-state index contributed by atoms with van der Waals surface area (Å²) in [6, 6.07) is 13.8. The fourth-order valence-corrected chi connectivity index (χ4v) is 3.75. The van der Waals surface area contributed by atoms with E-state index in [0.29, 0.717) is 38.4 Å². The van der Waals surface area contributed by atoms with Crippen molar-refractivity contribution >= 4 is 23.1 Å². The summed E-state index contributed by atoms with van der Waals surface area (Å²) >= 11 is 0. The number of ether oxygens (including phenoxy) is 2. The zero-order chi connectivity index (χ0) is 23.4. The second-order valence-corrected chi connectivity index (χ2v) is 7.53.